The number of hydrogen-bond acceptors (Lipinski definition) is 4. The van der Waals surface area contributed by atoms with Crippen LogP contribution in [0.5, 0.6) is 0 Å². The van der Waals surface area contributed by atoms with Gasteiger partial charge in [0.25, 0.3) is 10.2 Å². The van der Waals surface area contributed by atoms with E-state index in [1.54, 1.807) is 0 Å². The molecular weight excluding hydrogens is 248 g/mol. The number of carbonyl (C=O) groups is 1. The van der Waals surface area contributed by atoms with E-state index in [1.807, 2.05) is 0 Å². The van der Waals surface area contributed by atoms with Crippen molar-refractivity contribution in [2.24, 2.45) is 0 Å². The summed E-state index contributed by atoms with van der Waals surface area (Å²) in [4.78, 5) is 11.0. The highest BCUT2D eigenvalue weighted by atomic mass is 32.2. The number of carboxylic acids is 1. The van der Waals surface area contributed by atoms with Crippen molar-refractivity contribution in [1.29, 1.82) is 0 Å². The monoisotopic (exact) mass is 266 g/mol. The Morgan fingerprint density at radius 1 is 1.47 bits per heavy atom. The number of nitrogens with zero attached hydrogens (tertiary/aromatic N) is 2. The predicted octanol–water partition coefficient (Wildman–Crippen LogP) is -0.906. The van der Waals surface area contributed by atoms with Crippen LogP contribution in [0, 0.1) is 0 Å². The molecule has 1 atom stereocenters. The van der Waals surface area contributed by atoms with Crippen LogP contribution in [0.4, 0.5) is 0 Å². The summed E-state index contributed by atoms with van der Waals surface area (Å²) in [6.45, 7) is -0.110. The van der Waals surface area contributed by atoms with Crippen LogP contribution in [0.1, 0.15) is 19.3 Å². The second-order valence-electron chi connectivity index (χ2n) is 4.01. The standard InChI is InChI=1S/C9H18N2O5S/c1-10(6-7-12)17(15,16)11-5-3-2-4-8(11)9(13)14/h8,12H,2-7H2,1H3,(H,13,14). The van der Waals surface area contributed by atoms with Gasteiger partial charge in [-0.25, -0.2) is 0 Å². The molecule has 0 aliphatic carbocycles. The summed E-state index contributed by atoms with van der Waals surface area (Å²) in [5, 5.41) is 17.7. The van der Waals surface area contributed by atoms with E-state index in [9.17, 15) is 13.2 Å². The van der Waals surface area contributed by atoms with Gasteiger partial charge in [0, 0.05) is 20.1 Å². The number of aliphatic hydroxyl groups is 1. The summed E-state index contributed by atoms with van der Waals surface area (Å²) >= 11 is 0. The van der Waals surface area contributed by atoms with Crippen LogP contribution in [0.25, 0.3) is 0 Å². The molecule has 1 unspecified atom stereocenters. The Morgan fingerprint density at radius 2 is 2.12 bits per heavy atom. The first-order valence-corrected chi connectivity index (χ1v) is 6.87. The maximum atomic E-state index is 12.1. The van der Waals surface area contributed by atoms with Gasteiger partial charge in [-0.2, -0.15) is 17.0 Å². The van der Waals surface area contributed by atoms with Crippen LogP contribution >= 0.6 is 0 Å². The Labute approximate surface area is 101 Å². The minimum Gasteiger partial charge on any atom is -0.480 e. The second-order valence-corrected chi connectivity index (χ2v) is 6.00. The smallest absolute Gasteiger partial charge is 0.322 e. The molecule has 1 heterocycles. The highest BCUT2D eigenvalue weighted by Gasteiger charge is 2.38. The molecule has 0 aromatic heterocycles. The van der Waals surface area contributed by atoms with Gasteiger partial charge < -0.3 is 10.2 Å². The van der Waals surface area contributed by atoms with Crippen LogP contribution in [-0.4, -0.2) is 66.0 Å². The second kappa shape index (κ2) is 5.76. The Morgan fingerprint density at radius 3 is 2.65 bits per heavy atom. The molecule has 1 saturated heterocycles. The molecule has 0 spiro atoms. The van der Waals surface area contributed by atoms with Crippen molar-refractivity contribution in [1.82, 2.24) is 8.61 Å². The molecule has 1 aliphatic rings. The van der Waals surface area contributed by atoms with E-state index in [1.165, 1.54) is 7.05 Å². The Balaban J connectivity index is 2.91. The molecule has 8 heteroatoms. The summed E-state index contributed by atoms with van der Waals surface area (Å²) in [6.07, 6.45) is 1.71. The summed E-state index contributed by atoms with van der Waals surface area (Å²) < 4.78 is 26.1. The third kappa shape index (κ3) is 3.15. The van der Waals surface area contributed by atoms with Crippen LogP contribution in [0.2, 0.25) is 0 Å². The number of aliphatic hydroxyl groups excluding tert-OH is 1. The topological polar surface area (TPSA) is 98.2 Å². The van der Waals surface area contributed by atoms with Gasteiger partial charge in [-0.3, -0.25) is 4.79 Å². The molecule has 0 aromatic carbocycles. The third-order valence-electron chi connectivity index (χ3n) is 2.84. The van der Waals surface area contributed by atoms with Gasteiger partial charge in [0.2, 0.25) is 0 Å². The molecule has 1 fully saturated rings. The average molecular weight is 266 g/mol. The summed E-state index contributed by atoms with van der Waals surface area (Å²) in [6, 6.07) is -0.991. The molecule has 1 aliphatic heterocycles. The molecule has 0 radical (unpaired) electrons. The summed E-state index contributed by atoms with van der Waals surface area (Å²) in [5.41, 5.74) is 0. The SMILES string of the molecule is CN(CCO)S(=O)(=O)N1CCCCC1C(=O)O. The molecule has 100 valence electrons. The van der Waals surface area contributed by atoms with Crippen LogP contribution < -0.4 is 0 Å². The minimum atomic E-state index is -3.79. The number of piperidine rings is 1. The first-order chi connectivity index (χ1) is 7.91. The van der Waals surface area contributed by atoms with Crippen molar-refractivity contribution in [3.63, 3.8) is 0 Å². The molecular formula is C9H18N2O5S. The van der Waals surface area contributed by atoms with E-state index in [0.29, 0.717) is 19.3 Å². The number of likely N-dealkylation sites (N-methyl/N-ethyl adjacent to an activating group) is 1. The van der Waals surface area contributed by atoms with Crippen molar-refractivity contribution < 1.29 is 23.4 Å². The van der Waals surface area contributed by atoms with Crippen LogP contribution in [-0.2, 0) is 15.0 Å². The molecule has 1 rings (SSSR count). The van der Waals surface area contributed by atoms with Gasteiger partial charge in [-0.15, -0.1) is 0 Å². The van der Waals surface area contributed by atoms with Crippen molar-refractivity contribution in [3.8, 4) is 0 Å². The van der Waals surface area contributed by atoms with E-state index in [-0.39, 0.29) is 19.7 Å². The lowest BCUT2D eigenvalue weighted by molar-refractivity contribution is -0.142. The highest BCUT2D eigenvalue weighted by Crippen LogP contribution is 2.22. The molecule has 17 heavy (non-hydrogen) atoms. The highest BCUT2D eigenvalue weighted by molar-refractivity contribution is 7.86. The minimum absolute atomic E-state index is 0.0365. The fourth-order valence-electron chi connectivity index (χ4n) is 1.86. The number of hydrogen-bond donors (Lipinski definition) is 2. The lowest BCUT2D eigenvalue weighted by Gasteiger charge is -2.34. The lowest BCUT2D eigenvalue weighted by Crippen LogP contribution is -2.52. The zero-order valence-corrected chi connectivity index (χ0v) is 10.6. The fourth-order valence-corrected chi connectivity index (χ4v) is 3.41. The normalized spacial score (nSPS) is 22.9. The zero-order valence-electron chi connectivity index (χ0n) is 9.74. The first-order valence-electron chi connectivity index (χ1n) is 5.48. The quantitative estimate of drug-likeness (QED) is 0.671. The van der Waals surface area contributed by atoms with Crippen molar-refractivity contribution in [2.45, 2.75) is 25.3 Å². The Bertz CT molecular complexity index is 370. The first kappa shape index (κ1) is 14.4. The Hall–Kier alpha value is -0.700. The van der Waals surface area contributed by atoms with Gasteiger partial charge in [0.15, 0.2) is 0 Å². The largest absolute Gasteiger partial charge is 0.480 e. The van der Waals surface area contributed by atoms with Gasteiger partial charge in [-0.05, 0) is 19.3 Å². The van der Waals surface area contributed by atoms with Gasteiger partial charge in [0.05, 0.1) is 6.61 Å². The maximum absolute atomic E-state index is 12.1. The lowest BCUT2D eigenvalue weighted by atomic mass is 10.1. The number of carboxylic acid groups (broad SMARTS) is 1. The zero-order chi connectivity index (χ0) is 13.1. The molecule has 0 amide bonds. The van der Waals surface area contributed by atoms with Gasteiger partial charge in [0.1, 0.15) is 6.04 Å². The summed E-state index contributed by atoms with van der Waals surface area (Å²) in [5.74, 6) is -1.12. The predicted molar refractivity (Wildman–Crippen MR) is 60.6 cm³/mol. The number of rotatable bonds is 5. The Kier molecular flexibility index (Phi) is 4.87. The van der Waals surface area contributed by atoms with Gasteiger partial charge in [-0.1, -0.05) is 0 Å². The van der Waals surface area contributed by atoms with E-state index in [4.69, 9.17) is 10.2 Å². The van der Waals surface area contributed by atoms with E-state index >= 15 is 0 Å². The van der Waals surface area contributed by atoms with Crippen molar-refractivity contribution in [2.75, 3.05) is 26.7 Å². The molecule has 0 aromatic rings. The van der Waals surface area contributed by atoms with Crippen LogP contribution in [0.15, 0.2) is 0 Å². The molecule has 0 saturated carbocycles. The third-order valence-corrected chi connectivity index (χ3v) is 4.84. The van der Waals surface area contributed by atoms with E-state index in [2.05, 4.69) is 0 Å². The van der Waals surface area contributed by atoms with E-state index in [0.717, 1.165) is 8.61 Å². The fraction of sp³-hybridized carbons (Fsp3) is 0.889. The molecule has 7 nitrogen and oxygen atoms in total. The van der Waals surface area contributed by atoms with Gasteiger partial charge >= 0.3 is 5.97 Å². The molecule has 2 N–H and O–H groups in total. The average Bonchev–Trinajstić information content (AvgIpc) is 2.29. The van der Waals surface area contributed by atoms with Crippen LogP contribution in [0.3, 0.4) is 0 Å². The van der Waals surface area contributed by atoms with E-state index < -0.39 is 22.2 Å². The summed E-state index contributed by atoms with van der Waals surface area (Å²) in [7, 11) is -2.46. The van der Waals surface area contributed by atoms with Crippen molar-refractivity contribution in [3.05, 3.63) is 0 Å². The molecule has 0 bridgehead atoms. The number of aliphatic carboxylic acids is 1. The van der Waals surface area contributed by atoms with Crippen molar-refractivity contribution >= 4 is 16.2 Å². The maximum Gasteiger partial charge on any atom is 0.322 e.